The van der Waals surface area contributed by atoms with Gasteiger partial charge in [-0.25, -0.2) is 4.39 Å². The average Bonchev–Trinajstić information content (AvgIpc) is 2.54. The number of nitrogens with zero attached hydrogens (tertiary/aromatic N) is 2. The largest absolute Gasteiger partial charge is 0.367 e. The molecular weight excluding hydrogens is 297 g/mol. The van der Waals surface area contributed by atoms with Crippen molar-refractivity contribution in [2.75, 3.05) is 31.6 Å². The Bertz CT molecular complexity index is 591. The van der Waals surface area contributed by atoms with Crippen LogP contribution in [0, 0.1) is 5.82 Å². The molecule has 0 aliphatic carbocycles. The highest BCUT2D eigenvalue weighted by Gasteiger charge is 2.23. The molecule has 0 saturated carbocycles. The van der Waals surface area contributed by atoms with Gasteiger partial charge in [-0.2, -0.15) is 0 Å². The number of hydrogen-bond acceptors (Lipinski definition) is 3. The molecule has 1 atom stereocenters. The molecular formula is C17H22FN3O2. The topological polar surface area (TPSA) is 52.7 Å². The molecule has 2 amide bonds. The van der Waals surface area contributed by atoms with Crippen LogP contribution in [0.4, 0.5) is 10.1 Å². The number of benzene rings is 1. The first kappa shape index (κ1) is 17.0. The van der Waals surface area contributed by atoms with Gasteiger partial charge in [0.2, 0.25) is 11.8 Å². The lowest BCUT2D eigenvalue weighted by atomic mass is 10.0. The lowest BCUT2D eigenvalue weighted by Crippen LogP contribution is -2.50. The van der Waals surface area contributed by atoms with E-state index in [1.54, 1.807) is 25.2 Å². The standard InChI is InChI=1S/C17H22FN3O2/c1-3-17(23)20(2)12-16(22)19-13-7-6-10-21(11-13)15-9-5-4-8-14(15)18/h3-5,8-9,13H,1,6-7,10-12H2,2H3,(H,19,22). The Balaban J connectivity index is 1.91. The molecule has 5 nitrogen and oxygen atoms in total. The minimum absolute atomic E-state index is 0.0128. The zero-order chi connectivity index (χ0) is 16.8. The molecule has 1 unspecified atom stereocenters. The molecule has 1 N–H and O–H groups in total. The summed E-state index contributed by atoms with van der Waals surface area (Å²) in [6, 6.07) is 6.59. The maximum Gasteiger partial charge on any atom is 0.246 e. The number of para-hydroxylation sites is 1. The van der Waals surface area contributed by atoms with Crippen LogP contribution < -0.4 is 10.2 Å². The first-order valence-electron chi connectivity index (χ1n) is 7.67. The Morgan fingerprint density at radius 1 is 1.48 bits per heavy atom. The van der Waals surface area contributed by atoms with E-state index in [0.717, 1.165) is 19.4 Å². The maximum absolute atomic E-state index is 13.9. The van der Waals surface area contributed by atoms with Crippen molar-refractivity contribution in [3.8, 4) is 0 Å². The Morgan fingerprint density at radius 2 is 2.22 bits per heavy atom. The van der Waals surface area contributed by atoms with Crippen LogP contribution in [0.25, 0.3) is 0 Å². The summed E-state index contributed by atoms with van der Waals surface area (Å²) >= 11 is 0. The third-order valence-electron chi connectivity index (χ3n) is 3.91. The van der Waals surface area contributed by atoms with E-state index in [-0.39, 0.29) is 30.2 Å². The van der Waals surface area contributed by atoms with E-state index in [2.05, 4.69) is 11.9 Å². The molecule has 1 aliphatic rings. The zero-order valence-corrected chi connectivity index (χ0v) is 13.3. The SMILES string of the molecule is C=CC(=O)N(C)CC(=O)NC1CCCN(c2ccccc2F)C1. The number of likely N-dealkylation sites (N-methyl/N-ethyl adjacent to an activating group) is 1. The first-order chi connectivity index (χ1) is 11.0. The number of piperidine rings is 1. The van der Waals surface area contributed by atoms with Gasteiger partial charge in [0.05, 0.1) is 12.2 Å². The number of carbonyl (C=O) groups excluding carboxylic acids is 2. The summed E-state index contributed by atoms with van der Waals surface area (Å²) < 4.78 is 13.9. The van der Waals surface area contributed by atoms with Gasteiger partial charge in [0.1, 0.15) is 5.82 Å². The highest BCUT2D eigenvalue weighted by Crippen LogP contribution is 2.22. The molecule has 1 heterocycles. The van der Waals surface area contributed by atoms with Crippen molar-refractivity contribution in [1.29, 1.82) is 0 Å². The fraction of sp³-hybridized carbons (Fsp3) is 0.412. The Morgan fingerprint density at radius 3 is 2.91 bits per heavy atom. The number of rotatable bonds is 5. The molecule has 23 heavy (non-hydrogen) atoms. The van der Waals surface area contributed by atoms with Gasteiger partial charge in [0.25, 0.3) is 0 Å². The highest BCUT2D eigenvalue weighted by atomic mass is 19.1. The predicted molar refractivity (Wildman–Crippen MR) is 87.6 cm³/mol. The Hall–Kier alpha value is -2.37. The molecule has 0 bridgehead atoms. The van der Waals surface area contributed by atoms with Gasteiger partial charge in [-0.05, 0) is 31.1 Å². The molecule has 0 spiro atoms. The van der Waals surface area contributed by atoms with Gasteiger partial charge >= 0.3 is 0 Å². The van der Waals surface area contributed by atoms with Crippen LogP contribution in [0.15, 0.2) is 36.9 Å². The monoisotopic (exact) mass is 319 g/mol. The number of amides is 2. The number of halogens is 1. The van der Waals surface area contributed by atoms with Crippen LogP contribution >= 0.6 is 0 Å². The smallest absolute Gasteiger partial charge is 0.246 e. The van der Waals surface area contributed by atoms with Gasteiger partial charge in [-0.3, -0.25) is 9.59 Å². The quantitative estimate of drug-likeness (QED) is 0.838. The predicted octanol–water partition coefficient (Wildman–Crippen LogP) is 1.56. The third kappa shape index (κ3) is 4.55. The molecule has 0 radical (unpaired) electrons. The number of carbonyl (C=O) groups is 2. The van der Waals surface area contributed by atoms with Crippen molar-refractivity contribution < 1.29 is 14.0 Å². The van der Waals surface area contributed by atoms with Crippen molar-refractivity contribution in [2.24, 2.45) is 0 Å². The van der Waals surface area contributed by atoms with E-state index in [0.29, 0.717) is 12.2 Å². The first-order valence-corrected chi connectivity index (χ1v) is 7.67. The fourth-order valence-corrected chi connectivity index (χ4v) is 2.74. The molecule has 2 rings (SSSR count). The van der Waals surface area contributed by atoms with Crippen LogP contribution in [-0.2, 0) is 9.59 Å². The maximum atomic E-state index is 13.9. The van der Waals surface area contributed by atoms with E-state index in [4.69, 9.17) is 0 Å². The highest BCUT2D eigenvalue weighted by molar-refractivity contribution is 5.90. The van der Waals surface area contributed by atoms with E-state index in [1.807, 2.05) is 4.90 Å². The van der Waals surface area contributed by atoms with E-state index < -0.39 is 0 Å². The molecule has 1 saturated heterocycles. The molecule has 1 aromatic carbocycles. The summed E-state index contributed by atoms with van der Waals surface area (Å²) in [6.07, 6.45) is 2.89. The lowest BCUT2D eigenvalue weighted by molar-refractivity contribution is -0.131. The van der Waals surface area contributed by atoms with Crippen LogP contribution in [-0.4, -0.2) is 49.4 Å². The third-order valence-corrected chi connectivity index (χ3v) is 3.91. The van der Waals surface area contributed by atoms with E-state index in [9.17, 15) is 14.0 Å². The molecule has 0 aromatic heterocycles. The van der Waals surface area contributed by atoms with Crippen LogP contribution in [0.3, 0.4) is 0 Å². The van der Waals surface area contributed by atoms with Crippen molar-refractivity contribution in [3.63, 3.8) is 0 Å². The average molecular weight is 319 g/mol. The van der Waals surface area contributed by atoms with Crippen molar-refractivity contribution in [3.05, 3.63) is 42.7 Å². The van der Waals surface area contributed by atoms with Gasteiger partial charge in [0, 0.05) is 26.2 Å². The van der Waals surface area contributed by atoms with Crippen LogP contribution in [0.1, 0.15) is 12.8 Å². The zero-order valence-electron chi connectivity index (χ0n) is 13.3. The van der Waals surface area contributed by atoms with Crippen LogP contribution in [0.2, 0.25) is 0 Å². The van der Waals surface area contributed by atoms with Crippen molar-refractivity contribution in [1.82, 2.24) is 10.2 Å². The number of nitrogens with one attached hydrogen (secondary N) is 1. The van der Waals surface area contributed by atoms with Gasteiger partial charge < -0.3 is 15.1 Å². The molecule has 1 aliphatic heterocycles. The normalized spacial score (nSPS) is 17.5. The second-order valence-electron chi connectivity index (χ2n) is 5.70. The second kappa shape index (κ2) is 7.76. The van der Waals surface area contributed by atoms with E-state index in [1.165, 1.54) is 17.0 Å². The second-order valence-corrected chi connectivity index (χ2v) is 5.70. The molecule has 124 valence electrons. The van der Waals surface area contributed by atoms with Crippen molar-refractivity contribution in [2.45, 2.75) is 18.9 Å². The molecule has 6 heteroatoms. The Kier molecular flexibility index (Phi) is 5.73. The molecule has 1 fully saturated rings. The van der Waals surface area contributed by atoms with Gasteiger partial charge in [0.15, 0.2) is 0 Å². The minimum Gasteiger partial charge on any atom is -0.367 e. The van der Waals surface area contributed by atoms with E-state index >= 15 is 0 Å². The fourth-order valence-electron chi connectivity index (χ4n) is 2.74. The molecule has 1 aromatic rings. The van der Waals surface area contributed by atoms with Gasteiger partial charge in [-0.15, -0.1) is 0 Å². The summed E-state index contributed by atoms with van der Waals surface area (Å²) in [4.78, 5) is 26.7. The number of anilines is 1. The van der Waals surface area contributed by atoms with Crippen molar-refractivity contribution >= 4 is 17.5 Å². The van der Waals surface area contributed by atoms with Gasteiger partial charge in [-0.1, -0.05) is 18.7 Å². The summed E-state index contributed by atoms with van der Waals surface area (Å²) in [5.41, 5.74) is 0.561. The summed E-state index contributed by atoms with van der Waals surface area (Å²) in [7, 11) is 1.55. The number of hydrogen-bond donors (Lipinski definition) is 1. The summed E-state index contributed by atoms with van der Waals surface area (Å²) in [5.74, 6) is -0.768. The minimum atomic E-state index is -0.295. The summed E-state index contributed by atoms with van der Waals surface area (Å²) in [6.45, 7) is 4.71. The summed E-state index contributed by atoms with van der Waals surface area (Å²) in [5, 5.41) is 2.92. The van der Waals surface area contributed by atoms with Crippen LogP contribution in [0.5, 0.6) is 0 Å². The lowest BCUT2D eigenvalue weighted by Gasteiger charge is -2.35. The Labute approximate surface area is 135 Å².